The Morgan fingerprint density at radius 3 is 2.28 bits per heavy atom. The molecule has 2 amide bonds. The Morgan fingerprint density at radius 1 is 1.05 bits per heavy atom. The van der Waals surface area contributed by atoms with Gasteiger partial charge >= 0.3 is 12.1 Å². The first-order valence-electron chi connectivity index (χ1n) is 13.6. The Balaban J connectivity index is 1.48. The van der Waals surface area contributed by atoms with Crippen LogP contribution in [0, 0.1) is 0 Å². The van der Waals surface area contributed by atoms with E-state index in [1.807, 2.05) is 72.8 Å². The van der Waals surface area contributed by atoms with Gasteiger partial charge in [0.15, 0.2) is 6.10 Å². The van der Waals surface area contributed by atoms with Crippen LogP contribution in [0.4, 0.5) is 4.79 Å². The van der Waals surface area contributed by atoms with Gasteiger partial charge < -0.3 is 14.8 Å². The minimum Gasteiger partial charge on any atom is -0.448 e. The van der Waals surface area contributed by atoms with E-state index in [2.05, 4.69) is 10.3 Å². The molecule has 3 heterocycles. The number of ether oxygens (including phenoxy) is 2. The van der Waals surface area contributed by atoms with E-state index in [1.54, 1.807) is 44.6 Å². The zero-order chi connectivity index (χ0) is 30.6. The van der Waals surface area contributed by atoms with Crippen LogP contribution in [0.1, 0.15) is 38.0 Å². The third-order valence-electron chi connectivity index (χ3n) is 6.56. The number of amides is 2. The molecule has 3 aromatic rings. The molecule has 2 aliphatic heterocycles. The van der Waals surface area contributed by atoms with Gasteiger partial charge in [0.2, 0.25) is 0 Å². The number of hydrogen-bond acceptors (Lipinski definition) is 8. The van der Waals surface area contributed by atoms with Crippen molar-refractivity contribution >= 4 is 40.5 Å². The topological polar surface area (TPSA) is 115 Å². The van der Waals surface area contributed by atoms with Gasteiger partial charge in [-0.05, 0) is 61.1 Å². The maximum atomic E-state index is 14.0. The highest BCUT2D eigenvalue weighted by Crippen LogP contribution is 2.38. The molecule has 43 heavy (non-hydrogen) atoms. The molecule has 0 radical (unpaired) electrons. The first-order valence-corrected chi connectivity index (χ1v) is 15.9. The third kappa shape index (κ3) is 7.06. The molecular weight excluding hydrogens is 587 g/mol. The highest BCUT2D eigenvalue weighted by Gasteiger charge is 2.57. The molecule has 222 valence electrons. The Hall–Kier alpha value is -4.22. The number of β-lactam (4-membered cyclic amide) rings is 1. The summed E-state index contributed by atoms with van der Waals surface area (Å²) in [6, 6.07) is 21.2. The van der Waals surface area contributed by atoms with Gasteiger partial charge in [-0.2, -0.15) is 0 Å². The molecule has 0 saturated carbocycles. The van der Waals surface area contributed by atoms with Gasteiger partial charge in [0.05, 0.1) is 16.6 Å². The van der Waals surface area contributed by atoms with Gasteiger partial charge in [-0.25, -0.2) is 9.59 Å². The molecule has 0 bridgehead atoms. The molecule has 0 aliphatic carbocycles. The average molecular weight is 618 g/mol. The number of carbonyl (C=O) groups is 3. The second-order valence-corrected chi connectivity index (χ2v) is 13.4. The normalized spacial score (nSPS) is 20.0. The van der Waals surface area contributed by atoms with Gasteiger partial charge in [-0.3, -0.25) is 18.9 Å². The summed E-state index contributed by atoms with van der Waals surface area (Å²) < 4.78 is 24.9. The Labute approximate surface area is 256 Å². The van der Waals surface area contributed by atoms with Crippen LogP contribution in [-0.2, 0) is 29.9 Å². The lowest BCUT2D eigenvalue weighted by atomic mass is 10.0. The van der Waals surface area contributed by atoms with Crippen LogP contribution < -0.4 is 5.32 Å². The SMILES string of the molecule is CC(C)(C)OC(=O)NC1C(=O)N2C(C(=O)OC(c3ccccc3)c3ccccc3)=C(C=CSc3cccnc3)CS(=O)[C@H]12. The third-order valence-corrected chi connectivity index (χ3v) is 8.96. The van der Waals surface area contributed by atoms with Crippen LogP contribution in [0.5, 0.6) is 0 Å². The number of rotatable bonds is 8. The summed E-state index contributed by atoms with van der Waals surface area (Å²) in [5, 5.41) is 3.34. The highest BCUT2D eigenvalue weighted by molar-refractivity contribution is 8.02. The van der Waals surface area contributed by atoms with Gasteiger partial charge in [-0.15, -0.1) is 0 Å². The van der Waals surface area contributed by atoms with Crippen molar-refractivity contribution in [1.29, 1.82) is 0 Å². The molecule has 2 aromatic carbocycles. The van der Waals surface area contributed by atoms with E-state index in [1.165, 1.54) is 16.7 Å². The lowest BCUT2D eigenvalue weighted by Gasteiger charge is -2.49. The predicted molar refractivity (Wildman–Crippen MR) is 164 cm³/mol. The van der Waals surface area contributed by atoms with Crippen molar-refractivity contribution in [3.63, 3.8) is 0 Å². The van der Waals surface area contributed by atoms with E-state index in [-0.39, 0.29) is 11.4 Å². The van der Waals surface area contributed by atoms with E-state index in [4.69, 9.17) is 9.47 Å². The maximum absolute atomic E-state index is 14.0. The summed E-state index contributed by atoms with van der Waals surface area (Å²) >= 11 is 1.37. The second kappa shape index (κ2) is 13.0. The summed E-state index contributed by atoms with van der Waals surface area (Å²) in [6.07, 6.45) is 3.48. The van der Waals surface area contributed by atoms with Crippen molar-refractivity contribution in [2.24, 2.45) is 0 Å². The molecule has 1 aromatic heterocycles. The molecule has 2 unspecified atom stereocenters. The molecule has 3 atom stereocenters. The smallest absolute Gasteiger partial charge is 0.408 e. The number of nitrogens with one attached hydrogen (secondary N) is 1. The van der Waals surface area contributed by atoms with E-state index in [0.29, 0.717) is 5.57 Å². The van der Waals surface area contributed by atoms with Crippen LogP contribution in [0.15, 0.2) is 113 Å². The molecule has 0 spiro atoms. The van der Waals surface area contributed by atoms with E-state index in [9.17, 15) is 18.6 Å². The summed E-state index contributed by atoms with van der Waals surface area (Å²) in [5.74, 6) is -1.33. The molecule has 1 fully saturated rings. The molecule has 1 saturated heterocycles. The van der Waals surface area contributed by atoms with Gasteiger partial charge in [-0.1, -0.05) is 72.4 Å². The first kappa shape index (κ1) is 30.2. The van der Waals surface area contributed by atoms with Crippen LogP contribution in [0.3, 0.4) is 0 Å². The van der Waals surface area contributed by atoms with Gasteiger partial charge in [0.1, 0.15) is 22.7 Å². The molecule has 11 heteroatoms. The predicted octanol–water partition coefficient (Wildman–Crippen LogP) is 5.10. The van der Waals surface area contributed by atoms with Crippen molar-refractivity contribution in [2.45, 2.75) is 48.8 Å². The number of pyridine rings is 1. The summed E-state index contributed by atoms with van der Waals surface area (Å²) in [4.78, 5) is 46.1. The number of hydrogen-bond donors (Lipinski definition) is 1. The summed E-state index contributed by atoms with van der Waals surface area (Å²) in [6.45, 7) is 5.11. The molecule has 5 rings (SSSR count). The van der Waals surface area contributed by atoms with Crippen molar-refractivity contribution < 1.29 is 28.1 Å². The second-order valence-electron chi connectivity index (χ2n) is 10.8. The largest absolute Gasteiger partial charge is 0.448 e. The summed E-state index contributed by atoms with van der Waals surface area (Å²) in [5.41, 5.74) is 1.10. The van der Waals surface area contributed by atoms with E-state index in [0.717, 1.165) is 16.0 Å². The van der Waals surface area contributed by atoms with Crippen LogP contribution >= 0.6 is 11.8 Å². The van der Waals surface area contributed by atoms with Crippen molar-refractivity contribution in [1.82, 2.24) is 15.2 Å². The Bertz CT molecular complexity index is 1530. The number of esters is 1. The molecule has 9 nitrogen and oxygen atoms in total. The van der Waals surface area contributed by atoms with Gasteiger partial charge in [0, 0.05) is 17.3 Å². The van der Waals surface area contributed by atoms with Crippen molar-refractivity contribution in [3.05, 3.63) is 119 Å². The maximum Gasteiger partial charge on any atom is 0.408 e. The molecule has 2 aliphatic rings. The van der Waals surface area contributed by atoms with Crippen molar-refractivity contribution in [3.8, 4) is 0 Å². The van der Waals surface area contributed by atoms with E-state index >= 15 is 0 Å². The lowest BCUT2D eigenvalue weighted by molar-refractivity contribution is -0.153. The Kier molecular flexibility index (Phi) is 9.12. The highest BCUT2D eigenvalue weighted by atomic mass is 32.2. The standard InChI is InChI=1S/C32H31N3O6S2/c1-32(2,3)41-31(38)34-25-28(36)35-26(23(20-43(39)29(25)35)16-18-42-24-15-10-17-33-19-24)30(37)40-27(21-11-6-4-7-12-21)22-13-8-5-9-14-22/h4-19,25,27,29H,20H2,1-3H3,(H,34,38)/t25?,29-,43?/m1/s1. The lowest BCUT2D eigenvalue weighted by Crippen LogP contribution is -2.73. The number of alkyl carbamates (subject to hydrolysis) is 1. The minimum atomic E-state index is -1.62. The minimum absolute atomic E-state index is 0.00302. The first-order chi connectivity index (χ1) is 20.6. The van der Waals surface area contributed by atoms with Crippen LogP contribution in [-0.4, -0.2) is 54.8 Å². The monoisotopic (exact) mass is 617 g/mol. The number of aromatic nitrogens is 1. The zero-order valence-corrected chi connectivity index (χ0v) is 25.5. The van der Waals surface area contributed by atoms with Gasteiger partial charge in [0.25, 0.3) is 5.91 Å². The number of fused-ring (bicyclic) bond motifs is 1. The summed E-state index contributed by atoms with van der Waals surface area (Å²) in [7, 11) is -1.62. The fraction of sp³-hybridized carbons (Fsp3) is 0.250. The van der Waals surface area contributed by atoms with Crippen LogP contribution in [0.2, 0.25) is 0 Å². The number of thioether (sulfide) groups is 1. The quantitative estimate of drug-likeness (QED) is 0.211. The molecular formula is C32H31N3O6S2. The number of benzene rings is 2. The molecule has 1 N–H and O–H groups in total. The van der Waals surface area contributed by atoms with Crippen molar-refractivity contribution in [2.75, 3.05) is 5.75 Å². The number of allylic oxidation sites excluding steroid dienone is 1. The fourth-order valence-electron chi connectivity index (χ4n) is 4.72. The fourth-order valence-corrected chi connectivity index (χ4v) is 7.03. The number of nitrogens with zero attached hydrogens (tertiary/aromatic N) is 2. The Morgan fingerprint density at radius 2 is 1.70 bits per heavy atom. The average Bonchev–Trinajstić information content (AvgIpc) is 2.99. The number of carbonyl (C=O) groups excluding carboxylic acids is 3. The zero-order valence-electron chi connectivity index (χ0n) is 23.8. The van der Waals surface area contributed by atoms with Crippen LogP contribution in [0.25, 0.3) is 0 Å². The van der Waals surface area contributed by atoms with E-state index < -0.39 is 51.9 Å².